The Morgan fingerprint density at radius 1 is 0.750 bits per heavy atom. The summed E-state index contributed by atoms with van der Waals surface area (Å²) in [5, 5.41) is 7.58. The summed E-state index contributed by atoms with van der Waals surface area (Å²) in [7, 11) is 2.15. The zero-order valence-corrected chi connectivity index (χ0v) is 11.4. The highest BCUT2D eigenvalue weighted by Gasteiger charge is 2.04. The second-order valence-electron chi connectivity index (χ2n) is 5.18. The normalized spacial score (nSPS) is 11.0. The van der Waals surface area contributed by atoms with Gasteiger partial charge in [0.2, 0.25) is 0 Å². The van der Waals surface area contributed by atoms with Gasteiger partial charge in [0.15, 0.2) is 0 Å². The van der Waals surface area contributed by atoms with Gasteiger partial charge >= 0.3 is 0 Å². The van der Waals surface area contributed by atoms with Crippen molar-refractivity contribution in [2.45, 2.75) is 6.32 Å². The zero-order valence-electron chi connectivity index (χ0n) is 11.4. The third-order valence-electron chi connectivity index (χ3n) is 4.02. The van der Waals surface area contributed by atoms with Gasteiger partial charge in [-0.05, 0) is 44.9 Å². The van der Waals surface area contributed by atoms with Crippen LogP contribution < -0.4 is 0 Å². The lowest BCUT2D eigenvalue weighted by atomic mass is 9.94. The Kier molecular flexibility index (Phi) is 2.44. The highest BCUT2D eigenvalue weighted by Crippen LogP contribution is 2.30. The lowest BCUT2D eigenvalue weighted by molar-refractivity contribution is 1.44. The first-order valence-electron chi connectivity index (χ1n) is 7.04. The largest absolute Gasteiger partial charge is 0.107 e. The van der Waals surface area contributed by atoms with Crippen LogP contribution in [0.4, 0.5) is 0 Å². The molecule has 0 fully saturated rings. The summed E-state index contributed by atoms with van der Waals surface area (Å²) in [5.74, 6) is 0. The van der Waals surface area contributed by atoms with Gasteiger partial charge in [-0.3, -0.25) is 0 Å². The molecule has 4 rings (SSSR count). The van der Waals surface area contributed by atoms with Gasteiger partial charge in [0.1, 0.15) is 7.85 Å². The van der Waals surface area contributed by atoms with E-state index in [4.69, 9.17) is 0 Å². The van der Waals surface area contributed by atoms with Gasteiger partial charge in [-0.1, -0.05) is 60.7 Å². The van der Waals surface area contributed by atoms with Gasteiger partial charge in [0, 0.05) is 5.39 Å². The van der Waals surface area contributed by atoms with Crippen molar-refractivity contribution in [2.75, 3.05) is 0 Å². The molecule has 0 bridgehead atoms. The second kappa shape index (κ2) is 4.29. The van der Waals surface area contributed by atoms with E-state index in [2.05, 4.69) is 74.6 Å². The molecule has 4 aromatic rings. The summed E-state index contributed by atoms with van der Waals surface area (Å²) in [6.45, 7) is 0. The van der Waals surface area contributed by atoms with Crippen LogP contribution in [-0.4, -0.2) is 7.85 Å². The van der Waals surface area contributed by atoms with Crippen LogP contribution in [0.25, 0.3) is 32.3 Å². The zero-order chi connectivity index (χ0) is 13.5. The summed E-state index contributed by atoms with van der Waals surface area (Å²) >= 11 is 0. The van der Waals surface area contributed by atoms with Crippen LogP contribution in [-0.2, 0) is 6.32 Å². The Bertz CT molecular complexity index is 938. The van der Waals surface area contributed by atoms with Crippen LogP contribution in [0.2, 0.25) is 0 Å². The van der Waals surface area contributed by atoms with Gasteiger partial charge in [0.25, 0.3) is 0 Å². The van der Waals surface area contributed by atoms with Gasteiger partial charge in [-0.25, -0.2) is 0 Å². The second-order valence-corrected chi connectivity index (χ2v) is 5.18. The van der Waals surface area contributed by atoms with Gasteiger partial charge in [-0.15, -0.1) is 0 Å². The predicted octanol–water partition coefficient (Wildman–Crippen LogP) is 3.88. The fourth-order valence-electron chi connectivity index (χ4n) is 2.92. The van der Waals surface area contributed by atoms with E-state index in [1.807, 2.05) is 0 Å². The Morgan fingerprint density at radius 2 is 1.55 bits per heavy atom. The monoisotopic (exact) mass is 252 g/mol. The summed E-state index contributed by atoms with van der Waals surface area (Å²) in [6, 6.07) is 26.2. The minimum Gasteiger partial charge on any atom is -0.0668 e. The minimum absolute atomic E-state index is 1.00. The molecule has 0 amide bonds. The maximum atomic E-state index is 3.35. The van der Waals surface area contributed by atoms with Crippen LogP contribution in [0.3, 0.4) is 0 Å². The molecule has 0 N–H and O–H groups in total. The third-order valence-corrected chi connectivity index (χ3v) is 4.02. The maximum absolute atomic E-state index is 3.35. The highest BCUT2D eigenvalue weighted by molar-refractivity contribution is 6.17. The quantitative estimate of drug-likeness (QED) is 0.356. The number of rotatable bonds is 1. The van der Waals surface area contributed by atoms with Gasteiger partial charge in [0.05, 0.1) is 0 Å². The first-order chi connectivity index (χ1) is 9.86. The summed E-state index contributed by atoms with van der Waals surface area (Å²) < 4.78 is 0. The van der Waals surface area contributed by atoms with Crippen molar-refractivity contribution in [3.8, 4) is 0 Å². The first kappa shape index (κ1) is 11.4. The first-order valence-corrected chi connectivity index (χ1v) is 7.04. The SMILES string of the molecule is BCc1c#cc2c(ccc3c4ccccc4ccc23)c1. The Balaban J connectivity index is 2.17. The molecular weight excluding hydrogens is 239 g/mol. The fourth-order valence-corrected chi connectivity index (χ4v) is 2.92. The van der Waals surface area contributed by atoms with E-state index < -0.39 is 0 Å². The molecule has 0 radical (unpaired) electrons. The van der Waals surface area contributed by atoms with Crippen molar-refractivity contribution in [1.82, 2.24) is 0 Å². The third kappa shape index (κ3) is 1.59. The molecule has 1 heteroatoms. The van der Waals surface area contributed by atoms with E-state index >= 15 is 0 Å². The van der Waals surface area contributed by atoms with Gasteiger partial charge in [-0.2, -0.15) is 0 Å². The molecular formula is C19H13B. The van der Waals surface area contributed by atoms with Crippen molar-refractivity contribution >= 4 is 40.2 Å². The molecule has 0 unspecified atom stereocenters. The van der Waals surface area contributed by atoms with Crippen LogP contribution in [0.15, 0.2) is 54.6 Å². The van der Waals surface area contributed by atoms with E-state index in [0.29, 0.717) is 0 Å². The summed E-state index contributed by atoms with van der Waals surface area (Å²) in [6.07, 6.45) is 1.00. The smallest absolute Gasteiger partial charge is 0.0668 e. The van der Waals surface area contributed by atoms with Crippen molar-refractivity contribution in [3.05, 3.63) is 72.3 Å². The minimum atomic E-state index is 1.00. The van der Waals surface area contributed by atoms with E-state index in [1.165, 1.54) is 37.9 Å². The average molecular weight is 252 g/mol. The van der Waals surface area contributed by atoms with E-state index in [0.717, 1.165) is 6.32 Å². The van der Waals surface area contributed by atoms with Gasteiger partial charge < -0.3 is 0 Å². The molecule has 0 aromatic heterocycles. The van der Waals surface area contributed by atoms with Crippen molar-refractivity contribution in [3.63, 3.8) is 0 Å². The average Bonchev–Trinajstić information content (AvgIpc) is 2.53. The van der Waals surface area contributed by atoms with Crippen molar-refractivity contribution in [2.24, 2.45) is 0 Å². The fraction of sp³-hybridized carbons (Fsp3) is 0.0526. The number of hydrogen-bond donors (Lipinski definition) is 0. The molecule has 0 atom stereocenters. The predicted molar refractivity (Wildman–Crippen MR) is 88.9 cm³/mol. The van der Waals surface area contributed by atoms with E-state index in [9.17, 15) is 0 Å². The molecule has 0 aliphatic heterocycles. The number of benzene rings is 3. The molecule has 0 aliphatic carbocycles. The standard InChI is InChI=1S/C19H13B/c20-12-13-5-8-17-15(11-13)7-10-18-16-4-2-1-3-14(16)6-9-19(17)18/h1-4,6-7,9-11H,12,20H2. The molecule has 0 spiro atoms. The molecule has 0 heterocycles. The molecule has 92 valence electrons. The van der Waals surface area contributed by atoms with Crippen LogP contribution in [0, 0.1) is 12.1 Å². The van der Waals surface area contributed by atoms with E-state index in [1.54, 1.807) is 0 Å². The number of fused-ring (bicyclic) bond motifs is 5. The lowest BCUT2D eigenvalue weighted by Crippen LogP contribution is -1.83. The van der Waals surface area contributed by atoms with Crippen molar-refractivity contribution in [1.29, 1.82) is 0 Å². The van der Waals surface area contributed by atoms with Crippen LogP contribution in [0.1, 0.15) is 5.56 Å². The Morgan fingerprint density at radius 3 is 2.45 bits per heavy atom. The Labute approximate surface area is 119 Å². The van der Waals surface area contributed by atoms with Crippen LogP contribution in [0.5, 0.6) is 0 Å². The summed E-state index contributed by atoms with van der Waals surface area (Å²) in [5.41, 5.74) is 1.22. The topological polar surface area (TPSA) is 0 Å². The summed E-state index contributed by atoms with van der Waals surface area (Å²) in [4.78, 5) is 0. The number of hydrogen-bond acceptors (Lipinski definition) is 0. The highest BCUT2D eigenvalue weighted by atomic mass is 14.1. The lowest BCUT2D eigenvalue weighted by Gasteiger charge is -2.06. The molecule has 20 heavy (non-hydrogen) atoms. The molecule has 0 aliphatic rings. The van der Waals surface area contributed by atoms with Crippen molar-refractivity contribution < 1.29 is 0 Å². The van der Waals surface area contributed by atoms with Crippen LogP contribution >= 0.6 is 0 Å². The Hall–Kier alpha value is -2.46. The maximum Gasteiger partial charge on any atom is 0.107 e. The molecule has 4 aromatic carbocycles. The molecule has 0 saturated carbocycles. The molecule has 0 nitrogen and oxygen atoms in total. The van der Waals surface area contributed by atoms with E-state index in [-0.39, 0.29) is 0 Å². The molecule has 0 saturated heterocycles.